The third-order valence-electron chi connectivity index (χ3n) is 2.98. The first-order valence-electron chi connectivity index (χ1n) is 5.45. The second-order valence-electron chi connectivity index (χ2n) is 4.04. The van der Waals surface area contributed by atoms with Gasteiger partial charge in [-0.1, -0.05) is 35.8 Å². The number of aromatic amines is 1. The number of ketones is 1. The summed E-state index contributed by atoms with van der Waals surface area (Å²) in [5, 5.41) is 0.993. The van der Waals surface area contributed by atoms with Gasteiger partial charge in [-0.25, -0.2) is 0 Å². The lowest BCUT2D eigenvalue weighted by Crippen LogP contribution is -2.09. The van der Waals surface area contributed by atoms with Gasteiger partial charge in [0.05, 0.1) is 0 Å². The third-order valence-corrected chi connectivity index (χ3v) is 3.64. The van der Waals surface area contributed by atoms with Crippen LogP contribution in [0.1, 0.15) is 30.6 Å². The normalized spacial score (nSPS) is 12.9. The molecule has 1 unspecified atom stereocenters. The van der Waals surface area contributed by atoms with Crippen LogP contribution in [0.25, 0.3) is 10.9 Å². The smallest absolute Gasteiger partial charge is 0.167 e. The number of rotatable bonds is 3. The number of carbonyl (C=O) groups is 1. The monoisotopic (exact) mass is 279 g/mol. The lowest BCUT2D eigenvalue weighted by atomic mass is 9.97. The maximum absolute atomic E-state index is 12.2. The molecule has 84 valence electrons. The zero-order valence-electron chi connectivity index (χ0n) is 9.38. The van der Waals surface area contributed by atoms with E-state index in [0.29, 0.717) is 0 Å². The number of aromatic nitrogens is 1. The van der Waals surface area contributed by atoms with E-state index < -0.39 is 0 Å². The van der Waals surface area contributed by atoms with Gasteiger partial charge in [-0.05, 0) is 18.6 Å². The standard InChI is InChI=1S/C13H14BrNO/c1-3-8(2)13(16)9-7-15-11-6-4-5-10(14)12(9)11/h4-8,15H,3H2,1-2H3. The molecule has 0 spiro atoms. The number of Topliss-reactive ketones (excluding diaryl/α,β-unsaturated/α-hetero) is 1. The summed E-state index contributed by atoms with van der Waals surface area (Å²) in [6.07, 6.45) is 2.68. The Balaban J connectivity index is 2.57. The molecule has 1 heterocycles. The second-order valence-corrected chi connectivity index (χ2v) is 4.89. The number of halogens is 1. The number of H-pyrrole nitrogens is 1. The fourth-order valence-electron chi connectivity index (χ4n) is 1.79. The molecule has 1 aromatic heterocycles. The highest BCUT2D eigenvalue weighted by molar-refractivity contribution is 9.10. The van der Waals surface area contributed by atoms with Crippen LogP contribution in [0, 0.1) is 5.92 Å². The minimum Gasteiger partial charge on any atom is -0.360 e. The summed E-state index contributed by atoms with van der Waals surface area (Å²) in [6, 6.07) is 5.90. The van der Waals surface area contributed by atoms with E-state index in [2.05, 4.69) is 20.9 Å². The predicted molar refractivity (Wildman–Crippen MR) is 69.8 cm³/mol. The quantitative estimate of drug-likeness (QED) is 0.841. The van der Waals surface area contributed by atoms with Crippen molar-refractivity contribution in [2.75, 3.05) is 0 Å². The van der Waals surface area contributed by atoms with Crippen molar-refractivity contribution in [1.29, 1.82) is 0 Å². The van der Waals surface area contributed by atoms with Crippen molar-refractivity contribution in [3.63, 3.8) is 0 Å². The SMILES string of the molecule is CCC(C)C(=O)c1c[nH]c2cccc(Br)c12. The van der Waals surface area contributed by atoms with Gasteiger partial charge in [0, 0.05) is 33.1 Å². The van der Waals surface area contributed by atoms with Gasteiger partial charge >= 0.3 is 0 Å². The van der Waals surface area contributed by atoms with Crippen molar-refractivity contribution in [3.05, 3.63) is 34.4 Å². The molecule has 0 aliphatic heterocycles. The average molecular weight is 280 g/mol. The Hall–Kier alpha value is -1.09. The largest absolute Gasteiger partial charge is 0.360 e. The molecule has 2 rings (SSSR count). The van der Waals surface area contributed by atoms with Crippen LogP contribution in [-0.4, -0.2) is 10.8 Å². The van der Waals surface area contributed by atoms with Crippen LogP contribution in [0.4, 0.5) is 0 Å². The molecule has 3 heteroatoms. The van der Waals surface area contributed by atoms with Gasteiger partial charge in [-0.3, -0.25) is 4.79 Å². The van der Waals surface area contributed by atoms with Gasteiger partial charge in [0.25, 0.3) is 0 Å². The summed E-state index contributed by atoms with van der Waals surface area (Å²) in [7, 11) is 0. The van der Waals surface area contributed by atoms with E-state index in [1.165, 1.54) is 0 Å². The van der Waals surface area contributed by atoms with Crippen molar-refractivity contribution in [1.82, 2.24) is 4.98 Å². The maximum atomic E-state index is 12.2. The fraction of sp³-hybridized carbons (Fsp3) is 0.308. The Labute approximate surface area is 103 Å². The molecule has 2 aromatic rings. The molecular weight excluding hydrogens is 266 g/mol. The van der Waals surface area contributed by atoms with E-state index in [-0.39, 0.29) is 11.7 Å². The van der Waals surface area contributed by atoms with E-state index in [0.717, 1.165) is 27.4 Å². The Kier molecular flexibility index (Phi) is 3.15. The summed E-state index contributed by atoms with van der Waals surface area (Å²) in [5.74, 6) is 0.284. The van der Waals surface area contributed by atoms with Crippen LogP contribution < -0.4 is 0 Å². The third kappa shape index (κ3) is 1.80. The summed E-state index contributed by atoms with van der Waals surface area (Å²) >= 11 is 3.49. The molecule has 0 fully saturated rings. The number of carbonyl (C=O) groups excluding carboxylic acids is 1. The summed E-state index contributed by atoms with van der Waals surface area (Å²) < 4.78 is 0.970. The number of fused-ring (bicyclic) bond motifs is 1. The molecule has 0 saturated heterocycles. The molecule has 1 aromatic carbocycles. The summed E-state index contributed by atoms with van der Waals surface area (Å²) in [5.41, 5.74) is 1.79. The highest BCUT2D eigenvalue weighted by Gasteiger charge is 2.18. The molecular formula is C13H14BrNO. The van der Waals surface area contributed by atoms with Crippen LogP contribution in [0.5, 0.6) is 0 Å². The van der Waals surface area contributed by atoms with Crippen molar-refractivity contribution >= 4 is 32.6 Å². The second kappa shape index (κ2) is 4.42. The van der Waals surface area contributed by atoms with Crippen LogP contribution in [0.3, 0.4) is 0 Å². The number of nitrogens with one attached hydrogen (secondary N) is 1. The highest BCUT2D eigenvalue weighted by Crippen LogP contribution is 2.28. The minimum absolute atomic E-state index is 0.0751. The molecule has 0 bridgehead atoms. The zero-order chi connectivity index (χ0) is 11.7. The van der Waals surface area contributed by atoms with E-state index in [1.54, 1.807) is 0 Å². The lowest BCUT2D eigenvalue weighted by molar-refractivity contribution is 0.0929. The van der Waals surface area contributed by atoms with Gasteiger partial charge in [0.1, 0.15) is 0 Å². The first-order chi connectivity index (χ1) is 7.65. The Morgan fingerprint density at radius 3 is 2.94 bits per heavy atom. The molecule has 0 radical (unpaired) electrons. The minimum atomic E-state index is 0.0751. The highest BCUT2D eigenvalue weighted by atomic mass is 79.9. The van der Waals surface area contributed by atoms with Gasteiger partial charge in [0.2, 0.25) is 0 Å². The molecule has 0 aliphatic rings. The van der Waals surface area contributed by atoms with Crippen molar-refractivity contribution in [2.24, 2.45) is 5.92 Å². The van der Waals surface area contributed by atoms with E-state index in [9.17, 15) is 4.79 Å². The number of hydrogen-bond acceptors (Lipinski definition) is 1. The lowest BCUT2D eigenvalue weighted by Gasteiger charge is -2.06. The molecule has 1 N–H and O–H groups in total. The van der Waals surface area contributed by atoms with Crippen LogP contribution in [0.2, 0.25) is 0 Å². The van der Waals surface area contributed by atoms with E-state index in [1.807, 2.05) is 38.2 Å². The van der Waals surface area contributed by atoms with Crippen molar-refractivity contribution in [3.8, 4) is 0 Å². The van der Waals surface area contributed by atoms with E-state index in [4.69, 9.17) is 0 Å². The molecule has 2 nitrogen and oxygen atoms in total. The Morgan fingerprint density at radius 2 is 2.25 bits per heavy atom. The van der Waals surface area contributed by atoms with Gasteiger partial charge in [-0.2, -0.15) is 0 Å². The van der Waals surface area contributed by atoms with Crippen molar-refractivity contribution in [2.45, 2.75) is 20.3 Å². The van der Waals surface area contributed by atoms with Crippen LogP contribution >= 0.6 is 15.9 Å². The average Bonchev–Trinajstić information content (AvgIpc) is 2.72. The van der Waals surface area contributed by atoms with Gasteiger partial charge in [-0.15, -0.1) is 0 Å². The first kappa shape index (κ1) is 11.4. The fourth-order valence-corrected chi connectivity index (χ4v) is 2.37. The van der Waals surface area contributed by atoms with Gasteiger partial charge in [0.15, 0.2) is 5.78 Å². The Morgan fingerprint density at radius 1 is 1.50 bits per heavy atom. The van der Waals surface area contributed by atoms with E-state index >= 15 is 0 Å². The number of hydrogen-bond donors (Lipinski definition) is 1. The van der Waals surface area contributed by atoms with Crippen LogP contribution in [-0.2, 0) is 0 Å². The molecule has 16 heavy (non-hydrogen) atoms. The number of benzene rings is 1. The van der Waals surface area contributed by atoms with Crippen molar-refractivity contribution < 1.29 is 4.79 Å². The first-order valence-corrected chi connectivity index (χ1v) is 6.24. The maximum Gasteiger partial charge on any atom is 0.167 e. The molecule has 0 saturated carbocycles. The molecule has 1 atom stereocenters. The molecule has 0 aliphatic carbocycles. The predicted octanol–water partition coefficient (Wildman–Crippen LogP) is 4.16. The van der Waals surface area contributed by atoms with Crippen LogP contribution in [0.15, 0.2) is 28.9 Å². The molecule has 0 amide bonds. The zero-order valence-corrected chi connectivity index (χ0v) is 11.0. The summed E-state index contributed by atoms with van der Waals surface area (Å²) in [4.78, 5) is 15.3. The topological polar surface area (TPSA) is 32.9 Å². The Bertz CT molecular complexity index is 530. The van der Waals surface area contributed by atoms with Gasteiger partial charge < -0.3 is 4.98 Å². The summed E-state index contributed by atoms with van der Waals surface area (Å²) in [6.45, 7) is 4.00.